The Labute approximate surface area is 302 Å². The van der Waals surface area contributed by atoms with E-state index in [0.29, 0.717) is 11.4 Å². The van der Waals surface area contributed by atoms with E-state index in [4.69, 9.17) is 21.7 Å². The molecule has 4 atom stereocenters. The zero-order valence-electron chi connectivity index (χ0n) is 29.2. The Bertz CT molecular complexity index is 1670. The molecule has 2 fully saturated rings. The number of allylic oxidation sites excluding steroid dienone is 1. The summed E-state index contributed by atoms with van der Waals surface area (Å²) in [6, 6.07) is 1.46. The minimum Gasteiger partial charge on any atom is -0.447 e. The first-order chi connectivity index (χ1) is 24.3. The average Bonchev–Trinajstić information content (AvgIpc) is 3.58. The molecule has 1 saturated carbocycles. The maximum absolute atomic E-state index is 15.0. The number of guanidine groups is 1. The van der Waals surface area contributed by atoms with E-state index in [1.165, 1.54) is 25.1 Å². The Morgan fingerprint density at radius 2 is 1.92 bits per heavy atom. The lowest BCUT2D eigenvalue weighted by molar-refractivity contribution is -0.138. The first kappa shape index (κ1) is 40.4. The van der Waals surface area contributed by atoms with Crippen LogP contribution in [0.15, 0.2) is 41.8 Å². The summed E-state index contributed by atoms with van der Waals surface area (Å²) in [6.45, 7) is 8.21. The molecule has 1 aliphatic heterocycles. The molecular formula is C33H42ClF6N9O3. The fourth-order valence-corrected chi connectivity index (χ4v) is 6.72. The van der Waals surface area contributed by atoms with Crippen LogP contribution < -0.4 is 10.6 Å². The van der Waals surface area contributed by atoms with Crippen molar-refractivity contribution < 1.29 is 40.7 Å². The van der Waals surface area contributed by atoms with Gasteiger partial charge in [0.05, 0.1) is 22.8 Å². The summed E-state index contributed by atoms with van der Waals surface area (Å²) in [7, 11) is 0. The third-order valence-corrected chi connectivity index (χ3v) is 9.35. The van der Waals surface area contributed by atoms with Gasteiger partial charge in [-0.05, 0) is 55.7 Å². The summed E-state index contributed by atoms with van der Waals surface area (Å²) < 4.78 is 89.6. The highest BCUT2D eigenvalue weighted by Crippen LogP contribution is 2.44. The molecule has 0 spiro atoms. The molecule has 1 aromatic heterocycles. The van der Waals surface area contributed by atoms with E-state index in [-0.39, 0.29) is 35.5 Å². The molecule has 2 aliphatic rings. The second kappa shape index (κ2) is 15.7. The summed E-state index contributed by atoms with van der Waals surface area (Å²) in [5, 5.41) is 22.0. The molecule has 52 heavy (non-hydrogen) atoms. The van der Waals surface area contributed by atoms with Crippen LogP contribution in [-0.2, 0) is 9.53 Å². The van der Waals surface area contributed by atoms with Gasteiger partial charge in [-0.25, -0.2) is 37.0 Å². The Morgan fingerprint density at radius 1 is 1.25 bits per heavy atom. The van der Waals surface area contributed by atoms with Crippen LogP contribution in [0.25, 0.3) is 5.69 Å². The largest absolute Gasteiger partial charge is 0.447 e. The number of alkyl carbamates (subject to hydrolysis) is 1. The Kier molecular flexibility index (Phi) is 12.2. The molecule has 0 bridgehead atoms. The number of alkyl halides is 6. The number of hydrazone groups is 1. The van der Waals surface area contributed by atoms with Crippen molar-refractivity contribution in [3.8, 4) is 5.69 Å². The maximum atomic E-state index is 15.0. The van der Waals surface area contributed by atoms with E-state index in [9.17, 15) is 31.1 Å². The van der Waals surface area contributed by atoms with Crippen LogP contribution in [0.4, 0.5) is 31.1 Å². The minimum absolute atomic E-state index is 0.00252. The number of rotatable bonds is 16. The van der Waals surface area contributed by atoms with Crippen molar-refractivity contribution in [1.82, 2.24) is 35.3 Å². The van der Waals surface area contributed by atoms with Crippen LogP contribution in [-0.4, -0.2) is 86.1 Å². The van der Waals surface area contributed by atoms with Gasteiger partial charge in [0.2, 0.25) is 0 Å². The molecule has 1 aromatic carbocycles. The number of carbonyl (C=O) groups is 2. The van der Waals surface area contributed by atoms with Gasteiger partial charge in [-0.3, -0.25) is 15.1 Å². The van der Waals surface area contributed by atoms with Gasteiger partial charge in [0.15, 0.2) is 11.8 Å². The molecule has 2 amide bonds. The molecule has 4 rings (SSSR count). The van der Waals surface area contributed by atoms with Crippen LogP contribution in [0.2, 0.25) is 5.02 Å². The van der Waals surface area contributed by atoms with Gasteiger partial charge in [0.25, 0.3) is 18.8 Å². The van der Waals surface area contributed by atoms with Crippen LogP contribution in [0.3, 0.4) is 0 Å². The van der Waals surface area contributed by atoms with Crippen molar-refractivity contribution in [3.05, 3.63) is 53.1 Å². The molecule has 12 nitrogen and oxygen atoms in total. The van der Waals surface area contributed by atoms with Gasteiger partial charge in [-0.1, -0.05) is 57.5 Å². The number of nitrogens with zero attached hydrogens (tertiary/aromatic N) is 6. The number of hydrogen-bond donors (Lipinski definition) is 3. The van der Waals surface area contributed by atoms with Crippen LogP contribution >= 0.6 is 11.6 Å². The van der Waals surface area contributed by atoms with Gasteiger partial charge >= 0.3 is 12.6 Å². The summed E-state index contributed by atoms with van der Waals surface area (Å²) >= 11 is 6.41. The lowest BCUT2D eigenvalue weighted by atomic mass is 9.69. The fraction of sp³-hybridized carbons (Fsp3) is 0.576. The van der Waals surface area contributed by atoms with E-state index in [1.54, 1.807) is 12.2 Å². The van der Waals surface area contributed by atoms with Crippen LogP contribution in [0.5, 0.6) is 0 Å². The molecule has 2 unspecified atom stereocenters. The maximum Gasteiger partial charge on any atom is 0.407 e. The fourth-order valence-electron chi connectivity index (χ4n) is 6.52. The van der Waals surface area contributed by atoms with Crippen molar-refractivity contribution in [2.75, 3.05) is 6.61 Å². The molecule has 2 aromatic rings. The van der Waals surface area contributed by atoms with E-state index in [2.05, 4.69) is 32.5 Å². The van der Waals surface area contributed by atoms with E-state index in [1.807, 2.05) is 27.7 Å². The smallest absolute Gasteiger partial charge is 0.407 e. The topological polar surface area (TPSA) is 141 Å². The molecule has 0 radical (unpaired) electrons. The SMILES string of the molecule is C=NN(C(F)F)C(C)C(/C=C\CC)[C@@]1(CC(C)(C)C)NC(=N)N([C@H](COC(=O)NC2(C(F)F)CC2)c2ccc(Cl)c(-n3ncnc3C(F)F)c2)C1=O. The van der Waals surface area contributed by atoms with Crippen molar-refractivity contribution in [1.29, 1.82) is 5.41 Å². The first-order valence-electron chi connectivity index (χ1n) is 16.4. The Morgan fingerprint density at radius 3 is 2.46 bits per heavy atom. The van der Waals surface area contributed by atoms with Crippen molar-refractivity contribution in [3.63, 3.8) is 0 Å². The van der Waals surface area contributed by atoms with Gasteiger partial charge < -0.3 is 15.4 Å². The quantitative estimate of drug-likeness (QED) is 0.0546. The van der Waals surface area contributed by atoms with Crippen LogP contribution in [0.1, 0.15) is 84.2 Å². The van der Waals surface area contributed by atoms with Gasteiger partial charge in [0.1, 0.15) is 24.0 Å². The average molecular weight is 762 g/mol. The predicted molar refractivity (Wildman–Crippen MR) is 181 cm³/mol. The summed E-state index contributed by atoms with van der Waals surface area (Å²) in [4.78, 5) is 32.5. The molecular weight excluding hydrogens is 720 g/mol. The lowest BCUT2D eigenvalue weighted by Crippen LogP contribution is -2.60. The minimum atomic E-state index is -3.09. The molecule has 19 heteroatoms. The van der Waals surface area contributed by atoms with Crippen LogP contribution in [0, 0.1) is 16.7 Å². The molecule has 286 valence electrons. The number of nitrogens with one attached hydrogen (secondary N) is 3. The third-order valence-electron chi connectivity index (χ3n) is 9.03. The highest BCUT2D eigenvalue weighted by atomic mass is 35.5. The zero-order chi connectivity index (χ0) is 38.8. The van der Waals surface area contributed by atoms with E-state index >= 15 is 4.79 Å². The summed E-state index contributed by atoms with van der Waals surface area (Å²) in [5.41, 5.74) is -4.16. The summed E-state index contributed by atoms with van der Waals surface area (Å²) in [5.74, 6) is -3.08. The normalized spacial score (nSPS) is 20.4. The summed E-state index contributed by atoms with van der Waals surface area (Å²) in [6.07, 6.45) is -2.44. The second-order valence-electron chi connectivity index (χ2n) is 14.0. The number of amides is 2. The number of aromatic nitrogens is 3. The number of ether oxygens (including phenoxy) is 1. The molecule has 2 heterocycles. The van der Waals surface area contributed by atoms with E-state index < -0.39 is 84.3 Å². The third kappa shape index (κ3) is 8.31. The number of halogens is 7. The number of hydrogen-bond acceptors (Lipinski definition) is 8. The number of carbonyl (C=O) groups excluding carboxylic acids is 2. The van der Waals surface area contributed by atoms with Gasteiger partial charge in [0, 0.05) is 12.6 Å². The van der Waals surface area contributed by atoms with Gasteiger partial charge in [-0.2, -0.15) is 19.0 Å². The highest BCUT2D eigenvalue weighted by Gasteiger charge is 2.59. The molecule has 1 saturated heterocycles. The number of benzene rings is 1. The predicted octanol–water partition coefficient (Wildman–Crippen LogP) is 7.08. The highest BCUT2D eigenvalue weighted by molar-refractivity contribution is 6.32. The lowest BCUT2D eigenvalue weighted by Gasteiger charge is -2.43. The van der Waals surface area contributed by atoms with Crippen molar-refractivity contribution in [2.24, 2.45) is 16.4 Å². The Hall–Kier alpha value is -4.35. The molecule has 3 N–H and O–H groups in total. The Balaban J connectivity index is 1.87. The van der Waals surface area contributed by atoms with Gasteiger partial charge in [-0.15, -0.1) is 0 Å². The van der Waals surface area contributed by atoms with Crippen molar-refractivity contribution in [2.45, 2.75) is 103 Å². The zero-order valence-corrected chi connectivity index (χ0v) is 30.0. The second-order valence-corrected chi connectivity index (χ2v) is 14.4. The molecule has 1 aliphatic carbocycles. The van der Waals surface area contributed by atoms with Crippen molar-refractivity contribution >= 4 is 36.3 Å². The first-order valence-corrected chi connectivity index (χ1v) is 16.8. The standard InChI is InChI=1S/C33H42ClF6N9O3/c1-7-8-9-20(18(2)48(42-6)28(39)40)33(16-31(3,4)5)27(50)47(29(41)45-33)23(15-52-30(51)46-32(12-13-32)26(37)38)19-10-11-21(34)22(14-19)49-25(24(35)36)43-17-44-49/h8-11,14,17-18,20,23-24,26,28H,6-7,12-13,15-16H2,1-5H3,(H2,41,45)(H,46,51)/b9-8-/t18?,20?,23-,33-/m1/s1. The van der Waals surface area contributed by atoms with E-state index in [0.717, 1.165) is 15.9 Å². The monoisotopic (exact) mass is 761 g/mol.